The number of piperidine rings is 2. The maximum absolute atomic E-state index is 13.9. The molecule has 2 saturated heterocycles. The molecule has 2 rings (SSSR count). The van der Waals surface area contributed by atoms with E-state index in [1.807, 2.05) is 0 Å². The van der Waals surface area contributed by atoms with Gasteiger partial charge in [-0.1, -0.05) is 95.9 Å². The third-order valence-electron chi connectivity index (χ3n) is 14.8. The van der Waals surface area contributed by atoms with E-state index in [9.17, 15) is 19.8 Å². The van der Waals surface area contributed by atoms with Gasteiger partial charge >= 0.3 is 12.2 Å². The summed E-state index contributed by atoms with van der Waals surface area (Å²) in [4.78, 5) is 25.3. The Labute approximate surface area is 359 Å². The number of hydrogen-bond acceptors (Lipinski definition) is 4. The number of amides is 2. The van der Waals surface area contributed by atoms with Crippen LogP contribution in [0.2, 0.25) is 0 Å². The van der Waals surface area contributed by atoms with Crippen molar-refractivity contribution < 1.29 is 19.8 Å². The van der Waals surface area contributed by atoms with Crippen LogP contribution in [0.15, 0.2) is 0 Å². The average molecular weight is 819 g/mol. The highest BCUT2D eigenvalue weighted by Gasteiger charge is 2.63. The van der Waals surface area contributed by atoms with Crippen molar-refractivity contribution in [2.45, 2.75) is 241 Å². The SMILES string of the molecule is CC(C)CCC1(C)CC(C(CCCCCNC(=O)O)(NC(=O)O)C2CC(C)(CCC(C)C)NC(C)(CCC(C)C)C2CC(C)C)C(CC(C)C)C(C)(CCC(C)C)N1. The van der Waals surface area contributed by atoms with Crippen LogP contribution in [0.5, 0.6) is 0 Å². The largest absolute Gasteiger partial charge is 0.465 e. The van der Waals surface area contributed by atoms with Crippen molar-refractivity contribution in [1.29, 1.82) is 0 Å². The van der Waals surface area contributed by atoms with Gasteiger partial charge in [0.05, 0.1) is 0 Å². The van der Waals surface area contributed by atoms with Gasteiger partial charge < -0.3 is 31.5 Å². The number of hydrogen-bond donors (Lipinski definition) is 6. The predicted molar refractivity (Wildman–Crippen MR) is 247 cm³/mol. The van der Waals surface area contributed by atoms with Gasteiger partial charge in [0.1, 0.15) is 0 Å². The Kier molecular flexibility index (Phi) is 20.4. The highest BCUT2D eigenvalue weighted by atomic mass is 16.4. The molecule has 2 aliphatic heterocycles. The van der Waals surface area contributed by atoms with Gasteiger partial charge in [-0.2, -0.15) is 0 Å². The van der Waals surface area contributed by atoms with Crippen molar-refractivity contribution in [3.8, 4) is 0 Å². The van der Waals surface area contributed by atoms with Crippen LogP contribution in [0.3, 0.4) is 0 Å². The maximum atomic E-state index is 13.9. The number of carboxylic acid groups (broad SMARTS) is 2. The summed E-state index contributed by atoms with van der Waals surface area (Å²) in [5.41, 5.74) is -1.29. The molecule has 6 N–H and O–H groups in total. The molecule has 8 heteroatoms. The van der Waals surface area contributed by atoms with E-state index in [0.29, 0.717) is 42.1 Å². The Morgan fingerprint density at radius 3 is 1.28 bits per heavy atom. The normalized spacial score (nSPS) is 31.8. The number of nitrogens with one attached hydrogen (secondary N) is 4. The minimum absolute atomic E-state index is 0.125. The summed E-state index contributed by atoms with van der Waals surface area (Å²) in [6.45, 7) is 38.6. The van der Waals surface area contributed by atoms with E-state index in [0.717, 1.165) is 103 Å². The van der Waals surface area contributed by atoms with Crippen LogP contribution in [0.1, 0.15) is 214 Å². The molecule has 0 aliphatic carbocycles. The van der Waals surface area contributed by atoms with Crippen LogP contribution in [-0.2, 0) is 0 Å². The van der Waals surface area contributed by atoms with Gasteiger partial charge in [0.2, 0.25) is 0 Å². The van der Waals surface area contributed by atoms with E-state index < -0.39 is 17.7 Å². The van der Waals surface area contributed by atoms with Crippen LogP contribution in [0.25, 0.3) is 0 Å². The molecule has 0 spiro atoms. The zero-order valence-corrected chi connectivity index (χ0v) is 41.0. The summed E-state index contributed by atoms with van der Waals surface area (Å²) in [6.07, 6.45) is 14.1. The molecular weight excluding hydrogens is 721 g/mol. The lowest BCUT2D eigenvalue weighted by atomic mass is 9.48. The summed E-state index contributed by atoms with van der Waals surface area (Å²) in [5, 5.41) is 35.7. The van der Waals surface area contributed by atoms with Crippen LogP contribution < -0.4 is 21.3 Å². The summed E-state index contributed by atoms with van der Waals surface area (Å²) >= 11 is 0. The van der Waals surface area contributed by atoms with Gasteiger partial charge in [-0.25, -0.2) is 9.59 Å². The van der Waals surface area contributed by atoms with Crippen molar-refractivity contribution in [2.24, 2.45) is 59.2 Å². The minimum Gasteiger partial charge on any atom is -0.465 e. The first-order chi connectivity index (χ1) is 26.7. The first-order valence-corrected chi connectivity index (χ1v) is 24.3. The minimum atomic E-state index is -0.984. The van der Waals surface area contributed by atoms with Gasteiger partial charge in [-0.3, -0.25) is 0 Å². The van der Waals surface area contributed by atoms with Crippen molar-refractivity contribution >= 4 is 12.2 Å². The molecule has 0 saturated carbocycles. The van der Waals surface area contributed by atoms with E-state index in [1.54, 1.807) is 0 Å². The van der Waals surface area contributed by atoms with Gasteiger partial charge in [0.15, 0.2) is 0 Å². The monoisotopic (exact) mass is 819 g/mol. The zero-order chi connectivity index (χ0) is 44.3. The van der Waals surface area contributed by atoms with Crippen LogP contribution in [-0.4, -0.2) is 56.6 Å². The lowest BCUT2D eigenvalue weighted by Gasteiger charge is -2.66. The average Bonchev–Trinajstić information content (AvgIpc) is 3.08. The summed E-state index contributed by atoms with van der Waals surface area (Å²) < 4.78 is 0. The van der Waals surface area contributed by atoms with Crippen molar-refractivity contribution in [1.82, 2.24) is 21.3 Å². The molecule has 2 amide bonds. The third kappa shape index (κ3) is 15.7. The Hall–Kier alpha value is -1.54. The van der Waals surface area contributed by atoms with E-state index in [1.165, 1.54) is 0 Å². The molecular formula is C50H98N4O4. The van der Waals surface area contributed by atoms with E-state index in [-0.39, 0.29) is 45.8 Å². The highest BCUT2D eigenvalue weighted by molar-refractivity contribution is 5.66. The molecule has 8 unspecified atom stereocenters. The number of rotatable bonds is 25. The summed E-state index contributed by atoms with van der Waals surface area (Å²) in [5.74, 6) is 4.03. The zero-order valence-electron chi connectivity index (χ0n) is 41.0. The van der Waals surface area contributed by atoms with Crippen LogP contribution >= 0.6 is 0 Å². The quantitative estimate of drug-likeness (QED) is 0.0510. The summed E-state index contributed by atoms with van der Waals surface area (Å²) in [6, 6.07) is 0. The van der Waals surface area contributed by atoms with Crippen molar-refractivity contribution in [2.75, 3.05) is 6.54 Å². The molecule has 0 aromatic heterocycles. The highest BCUT2D eigenvalue weighted by Crippen LogP contribution is 2.58. The van der Waals surface area contributed by atoms with Crippen LogP contribution in [0, 0.1) is 59.2 Å². The molecule has 2 aliphatic rings. The molecule has 0 radical (unpaired) electrons. The topological polar surface area (TPSA) is 123 Å². The summed E-state index contributed by atoms with van der Waals surface area (Å²) in [7, 11) is 0. The van der Waals surface area contributed by atoms with Crippen LogP contribution in [0.4, 0.5) is 9.59 Å². The molecule has 2 heterocycles. The Morgan fingerprint density at radius 2 is 0.948 bits per heavy atom. The van der Waals surface area contributed by atoms with Crippen molar-refractivity contribution in [3.63, 3.8) is 0 Å². The molecule has 8 nitrogen and oxygen atoms in total. The second kappa shape index (κ2) is 22.5. The lowest BCUT2D eigenvalue weighted by Crippen LogP contribution is -2.76. The number of carbonyl (C=O) groups is 2. The fourth-order valence-electron chi connectivity index (χ4n) is 12.0. The molecule has 0 bridgehead atoms. The fraction of sp³-hybridized carbons (Fsp3) is 0.960. The second-order valence-electron chi connectivity index (χ2n) is 23.5. The van der Waals surface area contributed by atoms with Gasteiger partial charge in [-0.15, -0.1) is 0 Å². The van der Waals surface area contributed by atoms with Gasteiger partial charge in [-0.05, 0) is 177 Å². The van der Waals surface area contributed by atoms with Gasteiger partial charge in [0, 0.05) is 34.2 Å². The van der Waals surface area contributed by atoms with E-state index >= 15 is 0 Å². The molecule has 2 fully saturated rings. The van der Waals surface area contributed by atoms with Gasteiger partial charge in [0.25, 0.3) is 0 Å². The molecule has 58 heavy (non-hydrogen) atoms. The standard InChI is InChI=1S/C50H98N4O4/c1-34(2)20-25-46(13)32-42(40(30-38(9)10)48(15,53-46)27-22-36(5)6)50(52-45(57)58,24-18-17-19-29-51-44(55)56)43-33-47(14,26-21-35(3)4)54-49(16,28-23-37(7)8)41(43)31-39(11)12/h34-43,51-54H,17-33H2,1-16H3,(H,55,56)(H,57,58). The first-order valence-electron chi connectivity index (χ1n) is 24.3. The fourth-order valence-corrected chi connectivity index (χ4v) is 12.0. The van der Waals surface area contributed by atoms with Crippen molar-refractivity contribution in [3.05, 3.63) is 0 Å². The smallest absolute Gasteiger partial charge is 0.405 e. The Bertz CT molecular complexity index is 1170. The maximum Gasteiger partial charge on any atom is 0.405 e. The van der Waals surface area contributed by atoms with E-state index in [4.69, 9.17) is 0 Å². The Morgan fingerprint density at radius 1 is 0.569 bits per heavy atom. The third-order valence-corrected chi connectivity index (χ3v) is 14.8. The molecule has 0 aromatic rings. The first kappa shape index (κ1) is 52.6. The predicted octanol–water partition coefficient (Wildman–Crippen LogP) is 13.1. The number of unbranched alkanes of at least 4 members (excludes halogenated alkanes) is 2. The molecule has 8 atom stereocenters. The Balaban J connectivity index is 3.14. The molecule has 342 valence electrons. The van der Waals surface area contributed by atoms with E-state index in [2.05, 4.69) is 132 Å². The lowest BCUT2D eigenvalue weighted by molar-refractivity contribution is -0.102. The molecule has 0 aromatic carbocycles. The second-order valence-corrected chi connectivity index (χ2v) is 23.5.